The van der Waals surface area contributed by atoms with E-state index in [1.807, 2.05) is 0 Å². The average molecular weight is 292 g/mol. The number of aliphatic carboxylic acids is 4. The molecule has 1 heterocycles. The molecular formula is C10H16N2O8. The third-order valence-electron chi connectivity index (χ3n) is 2.29. The average Bonchev–Trinajstić information content (AvgIpc) is 3.08. The zero-order chi connectivity index (χ0) is 15.9. The van der Waals surface area contributed by atoms with Crippen LogP contribution < -0.4 is 5.73 Å². The van der Waals surface area contributed by atoms with Crippen molar-refractivity contribution < 1.29 is 39.6 Å². The van der Waals surface area contributed by atoms with Gasteiger partial charge in [-0.3, -0.25) is 24.1 Å². The number of nitrogens with zero attached hydrogens (tertiary/aromatic N) is 1. The van der Waals surface area contributed by atoms with Gasteiger partial charge in [0.2, 0.25) is 0 Å². The Morgan fingerprint density at radius 2 is 1.35 bits per heavy atom. The number of hydrogen-bond donors (Lipinski definition) is 5. The van der Waals surface area contributed by atoms with E-state index in [-0.39, 0.29) is 6.42 Å². The fourth-order valence-corrected chi connectivity index (χ4v) is 1.18. The standard InChI is InChI=1S/C6H9NO4.C4H7NO4/c8-5(9)3-4(6(10)11)7-1-2-7;5-2(4(8)9)1-3(6)7/h4H,1-3H2,(H,8,9)(H,10,11);2H,1,5H2,(H,6,7)(H,8,9). The van der Waals surface area contributed by atoms with E-state index in [2.05, 4.69) is 0 Å². The molecule has 0 radical (unpaired) electrons. The Morgan fingerprint density at radius 1 is 0.900 bits per heavy atom. The van der Waals surface area contributed by atoms with Crippen LogP contribution in [0.5, 0.6) is 0 Å². The van der Waals surface area contributed by atoms with Gasteiger partial charge in [0.15, 0.2) is 0 Å². The molecule has 2 atom stereocenters. The van der Waals surface area contributed by atoms with Crippen LogP contribution in [0.15, 0.2) is 0 Å². The third-order valence-corrected chi connectivity index (χ3v) is 2.29. The molecule has 1 fully saturated rings. The van der Waals surface area contributed by atoms with Gasteiger partial charge >= 0.3 is 23.9 Å². The van der Waals surface area contributed by atoms with Gasteiger partial charge in [-0.1, -0.05) is 0 Å². The van der Waals surface area contributed by atoms with E-state index in [1.165, 1.54) is 0 Å². The smallest absolute Gasteiger partial charge is 0.321 e. The molecule has 10 heteroatoms. The molecule has 1 aliphatic heterocycles. The Morgan fingerprint density at radius 3 is 1.55 bits per heavy atom. The first-order valence-electron chi connectivity index (χ1n) is 5.54. The van der Waals surface area contributed by atoms with Gasteiger partial charge in [0.05, 0.1) is 12.8 Å². The summed E-state index contributed by atoms with van der Waals surface area (Å²) in [6, 6.07) is -2.12. The molecule has 6 N–H and O–H groups in total. The van der Waals surface area contributed by atoms with Crippen molar-refractivity contribution in [2.24, 2.45) is 5.73 Å². The fraction of sp³-hybridized carbons (Fsp3) is 0.600. The second-order valence-electron chi connectivity index (χ2n) is 4.03. The fourth-order valence-electron chi connectivity index (χ4n) is 1.18. The summed E-state index contributed by atoms with van der Waals surface area (Å²) in [5.74, 6) is -4.61. The SMILES string of the molecule is NC(CC(=O)O)C(=O)O.O=C(O)CC(C(=O)O)N1CC1. The summed E-state index contributed by atoms with van der Waals surface area (Å²) in [5.41, 5.74) is 4.84. The summed E-state index contributed by atoms with van der Waals surface area (Å²) in [5, 5.41) is 32.9. The molecule has 0 aliphatic carbocycles. The van der Waals surface area contributed by atoms with Crippen molar-refractivity contribution in [2.45, 2.75) is 24.9 Å². The minimum absolute atomic E-state index is 0.310. The van der Waals surface area contributed by atoms with Gasteiger partial charge in [0, 0.05) is 13.1 Å². The number of rotatable bonds is 7. The first-order chi connectivity index (χ1) is 9.15. The molecule has 0 bridgehead atoms. The predicted octanol–water partition coefficient (Wildman–Crippen LogP) is -1.90. The molecule has 20 heavy (non-hydrogen) atoms. The Balaban J connectivity index is 0.000000370. The number of carboxylic acid groups (broad SMARTS) is 4. The van der Waals surface area contributed by atoms with Crippen LogP contribution in [-0.4, -0.2) is 74.4 Å². The Kier molecular flexibility index (Phi) is 7.18. The van der Waals surface area contributed by atoms with Gasteiger partial charge in [0.25, 0.3) is 0 Å². The van der Waals surface area contributed by atoms with Crippen molar-refractivity contribution in [3.63, 3.8) is 0 Å². The van der Waals surface area contributed by atoms with Crippen molar-refractivity contribution in [3.05, 3.63) is 0 Å². The second-order valence-corrected chi connectivity index (χ2v) is 4.03. The Labute approximate surface area is 113 Å². The van der Waals surface area contributed by atoms with E-state index in [9.17, 15) is 19.2 Å². The molecule has 0 amide bonds. The second kappa shape index (κ2) is 8.07. The highest BCUT2D eigenvalue weighted by atomic mass is 16.4. The zero-order valence-electron chi connectivity index (χ0n) is 10.4. The van der Waals surface area contributed by atoms with Gasteiger partial charge in [-0.05, 0) is 0 Å². The lowest BCUT2D eigenvalue weighted by Crippen LogP contribution is -2.32. The maximum Gasteiger partial charge on any atom is 0.321 e. The summed E-state index contributed by atoms with van der Waals surface area (Å²) in [4.78, 5) is 41.8. The maximum absolute atomic E-state index is 10.4. The number of nitrogens with two attached hydrogens (primary N) is 1. The van der Waals surface area contributed by atoms with Crippen LogP contribution >= 0.6 is 0 Å². The molecule has 1 saturated heterocycles. The first kappa shape index (κ1) is 17.8. The molecule has 0 aromatic carbocycles. The lowest BCUT2D eigenvalue weighted by atomic mass is 10.2. The van der Waals surface area contributed by atoms with E-state index < -0.39 is 42.4 Å². The molecule has 1 rings (SSSR count). The van der Waals surface area contributed by atoms with Gasteiger partial charge in [-0.15, -0.1) is 0 Å². The van der Waals surface area contributed by atoms with Gasteiger partial charge in [0.1, 0.15) is 12.1 Å². The number of carbonyl (C=O) groups is 4. The number of hydrogen-bond acceptors (Lipinski definition) is 6. The molecule has 114 valence electrons. The summed E-state index contributed by atoms with van der Waals surface area (Å²) in [7, 11) is 0. The maximum atomic E-state index is 10.4. The van der Waals surface area contributed by atoms with Crippen LogP contribution in [0.2, 0.25) is 0 Å². The highest BCUT2D eigenvalue weighted by molar-refractivity contribution is 5.81. The highest BCUT2D eigenvalue weighted by Crippen LogP contribution is 2.13. The molecule has 1 aliphatic rings. The van der Waals surface area contributed by atoms with E-state index in [0.29, 0.717) is 13.1 Å². The van der Waals surface area contributed by atoms with Crippen LogP contribution in [0, 0.1) is 0 Å². The molecule has 0 aromatic rings. The van der Waals surface area contributed by atoms with E-state index in [1.54, 1.807) is 4.90 Å². The van der Waals surface area contributed by atoms with E-state index in [0.717, 1.165) is 0 Å². The lowest BCUT2D eigenvalue weighted by Gasteiger charge is -2.08. The monoisotopic (exact) mass is 292 g/mol. The van der Waals surface area contributed by atoms with Gasteiger partial charge in [-0.2, -0.15) is 0 Å². The molecule has 0 spiro atoms. The van der Waals surface area contributed by atoms with Crippen molar-refractivity contribution in [3.8, 4) is 0 Å². The molecular weight excluding hydrogens is 276 g/mol. The Bertz CT molecular complexity index is 393. The molecule has 0 saturated carbocycles. The van der Waals surface area contributed by atoms with Crippen molar-refractivity contribution in [1.82, 2.24) is 4.90 Å². The normalized spacial score (nSPS) is 16.2. The quantitative estimate of drug-likeness (QED) is 0.333. The summed E-state index contributed by atoms with van der Waals surface area (Å²) >= 11 is 0. The van der Waals surface area contributed by atoms with Crippen molar-refractivity contribution in [2.75, 3.05) is 13.1 Å². The minimum Gasteiger partial charge on any atom is -0.481 e. The third kappa shape index (κ3) is 8.00. The van der Waals surface area contributed by atoms with Crippen molar-refractivity contribution in [1.29, 1.82) is 0 Å². The summed E-state index contributed by atoms with van der Waals surface area (Å²) in [6.45, 7) is 1.40. The highest BCUT2D eigenvalue weighted by Gasteiger charge is 2.34. The summed E-state index contributed by atoms with van der Waals surface area (Å²) in [6.07, 6.45) is -0.843. The zero-order valence-corrected chi connectivity index (χ0v) is 10.4. The molecule has 0 aromatic heterocycles. The predicted molar refractivity (Wildman–Crippen MR) is 63.1 cm³/mol. The molecule has 10 nitrogen and oxygen atoms in total. The van der Waals surface area contributed by atoms with Crippen molar-refractivity contribution >= 4 is 23.9 Å². The van der Waals surface area contributed by atoms with Gasteiger partial charge in [-0.25, -0.2) is 0 Å². The first-order valence-corrected chi connectivity index (χ1v) is 5.54. The topological polar surface area (TPSA) is 178 Å². The van der Waals surface area contributed by atoms with E-state index >= 15 is 0 Å². The Hall–Kier alpha value is -2.20. The van der Waals surface area contributed by atoms with E-state index in [4.69, 9.17) is 26.2 Å². The van der Waals surface area contributed by atoms with Gasteiger partial charge < -0.3 is 26.2 Å². The number of carboxylic acids is 4. The van der Waals surface area contributed by atoms with Crippen LogP contribution in [0.4, 0.5) is 0 Å². The lowest BCUT2D eigenvalue weighted by molar-refractivity contribution is -0.147. The van der Waals surface area contributed by atoms with Crippen LogP contribution in [-0.2, 0) is 19.2 Å². The van der Waals surface area contributed by atoms with Crippen LogP contribution in [0.1, 0.15) is 12.8 Å². The van der Waals surface area contributed by atoms with Crippen LogP contribution in [0.3, 0.4) is 0 Å². The summed E-state index contributed by atoms with van der Waals surface area (Å²) < 4.78 is 0. The molecule has 2 unspecified atom stereocenters. The largest absolute Gasteiger partial charge is 0.481 e. The van der Waals surface area contributed by atoms with Crippen LogP contribution in [0.25, 0.3) is 0 Å². The minimum atomic E-state index is -1.29.